The Hall–Kier alpha value is -2.28. The Balaban J connectivity index is 1.76. The van der Waals surface area contributed by atoms with Gasteiger partial charge in [0.25, 0.3) is 0 Å². The first-order valence-corrected chi connectivity index (χ1v) is 9.14. The monoisotopic (exact) mass is 394 g/mol. The molecule has 3 rings (SSSR count). The second-order valence-electron chi connectivity index (χ2n) is 6.68. The van der Waals surface area contributed by atoms with Crippen LogP contribution in [0.2, 0.25) is 0 Å². The topological polar surface area (TPSA) is 33.3 Å². The molecule has 0 aromatic heterocycles. The fraction of sp³-hybridized carbons (Fsp3) is 0.350. The summed E-state index contributed by atoms with van der Waals surface area (Å²) < 4.78 is 43.9. The summed E-state index contributed by atoms with van der Waals surface area (Å²) in [4.78, 5) is 0. The summed E-state index contributed by atoms with van der Waals surface area (Å²) in [5, 5.41) is 6.56. The van der Waals surface area contributed by atoms with Crippen LogP contribution in [0.4, 0.5) is 18.9 Å². The van der Waals surface area contributed by atoms with Crippen LogP contribution < -0.4 is 15.4 Å². The van der Waals surface area contributed by atoms with E-state index in [1.165, 1.54) is 6.07 Å². The summed E-state index contributed by atoms with van der Waals surface area (Å²) in [5.74, 6) is 0.775. The van der Waals surface area contributed by atoms with E-state index in [1.807, 2.05) is 24.3 Å². The van der Waals surface area contributed by atoms with Crippen molar-refractivity contribution in [2.75, 3.05) is 12.4 Å². The average molecular weight is 394 g/mol. The molecule has 1 fully saturated rings. The fourth-order valence-electron chi connectivity index (χ4n) is 3.53. The van der Waals surface area contributed by atoms with Crippen LogP contribution >= 0.6 is 12.2 Å². The van der Waals surface area contributed by atoms with Gasteiger partial charge >= 0.3 is 6.18 Å². The van der Waals surface area contributed by atoms with Crippen LogP contribution in [0.15, 0.2) is 48.5 Å². The van der Waals surface area contributed by atoms with Crippen LogP contribution in [0.1, 0.15) is 36.8 Å². The van der Waals surface area contributed by atoms with Crippen LogP contribution in [0.3, 0.4) is 0 Å². The Morgan fingerprint density at radius 3 is 2.33 bits per heavy atom. The number of rotatable bonds is 4. The zero-order valence-electron chi connectivity index (χ0n) is 14.9. The van der Waals surface area contributed by atoms with E-state index in [2.05, 4.69) is 10.6 Å². The van der Waals surface area contributed by atoms with Crippen molar-refractivity contribution in [3.8, 4) is 5.75 Å². The van der Waals surface area contributed by atoms with E-state index >= 15 is 0 Å². The van der Waals surface area contributed by atoms with Gasteiger partial charge in [-0.15, -0.1) is 0 Å². The molecule has 0 unspecified atom stereocenters. The van der Waals surface area contributed by atoms with Gasteiger partial charge in [0.2, 0.25) is 0 Å². The molecular weight excluding hydrogens is 373 g/mol. The highest BCUT2D eigenvalue weighted by atomic mass is 32.1. The Morgan fingerprint density at radius 2 is 1.74 bits per heavy atom. The first-order chi connectivity index (χ1) is 12.8. The predicted molar refractivity (Wildman–Crippen MR) is 104 cm³/mol. The number of ether oxygens (including phenoxy) is 1. The highest BCUT2D eigenvalue weighted by molar-refractivity contribution is 7.80. The average Bonchev–Trinajstić information content (AvgIpc) is 3.10. The molecule has 0 atom stereocenters. The quantitative estimate of drug-likeness (QED) is 0.674. The van der Waals surface area contributed by atoms with Gasteiger partial charge in [0.1, 0.15) is 5.75 Å². The van der Waals surface area contributed by atoms with Crippen LogP contribution in [0.25, 0.3) is 0 Å². The molecule has 2 N–H and O–H groups in total. The standard InChI is InChI=1S/C20H21F3N2OS/c1-26-17-9-7-14(8-10-17)19(11-2-3-12-19)25-18(27)24-16-6-4-5-15(13-16)20(21,22)23/h4-10,13H,2-3,11-12H2,1H3,(H2,24,25,27). The Labute approximate surface area is 161 Å². The molecule has 1 aliphatic carbocycles. The molecule has 0 saturated heterocycles. The molecule has 0 aliphatic heterocycles. The lowest BCUT2D eigenvalue weighted by molar-refractivity contribution is -0.137. The van der Waals surface area contributed by atoms with Crippen LogP contribution in [0, 0.1) is 0 Å². The van der Waals surface area contributed by atoms with E-state index < -0.39 is 11.7 Å². The zero-order chi connectivity index (χ0) is 19.5. The molecule has 1 aliphatic rings. The summed E-state index contributed by atoms with van der Waals surface area (Å²) in [6.45, 7) is 0. The molecule has 27 heavy (non-hydrogen) atoms. The summed E-state index contributed by atoms with van der Waals surface area (Å²) in [7, 11) is 1.62. The van der Waals surface area contributed by atoms with Gasteiger partial charge in [0, 0.05) is 5.69 Å². The maximum Gasteiger partial charge on any atom is 0.416 e. The molecule has 2 aromatic carbocycles. The Bertz CT molecular complexity index is 800. The van der Waals surface area contributed by atoms with E-state index in [9.17, 15) is 13.2 Å². The first-order valence-electron chi connectivity index (χ1n) is 8.73. The number of hydrogen-bond acceptors (Lipinski definition) is 2. The molecule has 0 amide bonds. The fourth-order valence-corrected chi connectivity index (χ4v) is 3.84. The zero-order valence-corrected chi connectivity index (χ0v) is 15.7. The van der Waals surface area contributed by atoms with Crippen molar-refractivity contribution in [3.05, 3.63) is 59.7 Å². The molecule has 3 nitrogen and oxygen atoms in total. The minimum absolute atomic E-state index is 0.310. The van der Waals surface area contributed by atoms with Crippen LogP contribution in [0.5, 0.6) is 5.75 Å². The number of hydrogen-bond donors (Lipinski definition) is 2. The maximum absolute atomic E-state index is 12.9. The van der Waals surface area contributed by atoms with Gasteiger partial charge < -0.3 is 15.4 Å². The Kier molecular flexibility index (Phi) is 5.60. The van der Waals surface area contributed by atoms with Crippen molar-refractivity contribution in [1.82, 2.24) is 5.32 Å². The van der Waals surface area contributed by atoms with Gasteiger partial charge in [-0.2, -0.15) is 13.2 Å². The molecule has 144 valence electrons. The maximum atomic E-state index is 12.9. The number of alkyl halides is 3. The number of nitrogens with one attached hydrogen (secondary N) is 2. The molecular formula is C20H21F3N2OS. The van der Waals surface area contributed by atoms with Crippen molar-refractivity contribution in [2.24, 2.45) is 0 Å². The van der Waals surface area contributed by atoms with E-state index in [0.29, 0.717) is 10.8 Å². The SMILES string of the molecule is COc1ccc(C2(NC(=S)Nc3cccc(C(F)(F)F)c3)CCCC2)cc1. The number of benzene rings is 2. The molecule has 0 heterocycles. The van der Waals surface area contributed by atoms with Crippen molar-refractivity contribution >= 4 is 23.0 Å². The second kappa shape index (κ2) is 7.76. The molecule has 7 heteroatoms. The second-order valence-corrected chi connectivity index (χ2v) is 7.08. The Morgan fingerprint density at radius 1 is 1.07 bits per heavy atom. The first kappa shape index (κ1) is 19.5. The molecule has 1 saturated carbocycles. The van der Waals surface area contributed by atoms with E-state index in [1.54, 1.807) is 13.2 Å². The normalized spacial score (nSPS) is 16.0. The van der Waals surface area contributed by atoms with Crippen molar-refractivity contribution in [1.29, 1.82) is 0 Å². The summed E-state index contributed by atoms with van der Waals surface area (Å²) in [6, 6.07) is 12.8. The van der Waals surface area contributed by atoms with E-state index in [0.717, 1.165) is 49.1 Å². The summed E-state index contributed by atoms with van der Waals surface area (Å²) >= 11 is 5.40. The minimum Gasteiger partial charge on any atom is -0.497 e. The predicted octanol–water partition coefficient (Wildman–Crippen LogP) is 5.47. The third-order valence-corrected chi connectivity index (χ3v) is 5.10. The molecule has 0 spiro atoms. The lowest BCUT2D eigenvalue weighted by Gasteiger charge is -2.32. The highest BCUT2D eigenvalue weighted by Crippen LogP contribution is 2.39. The summed E-state index contributed by atoms with van der Waals surface area (Å²) in [6.07, 6.45) is -0.452. The van der Waals surface area contributed by atoms with Crippen LogP contribution in [-0.2, 0) is 11.7 Å². The van der Waals surface area contributed by atoms with Gasteiger partial charge in [-0.05, 0) is 61.0 Å². The van der Waals surface area contributed by atoms with Gasteiger partial charge in [0.15, 0.2) is 5.11 Å². The van der Waals surface area contributed by atoms with E-state index in [-0.39, 0.29) is 5.54 Å². The number of methoxy groups -OCH3 is 1. The smallest absolute Gasteiger partial charge is 0.416 e. The highest BCUT2D eigenvalue weighted by Gasteiger charge is 2.36. The lowest BCUT2D eigenvalue weighted by Crippen LogP contribution is -2.45. The van der Waals surface area contributed by atoms with Gasteiger partial charge in [-0.3, -0.25) is 0 Å². The van der Waals surface area contributed by atoms with Crippen LogP contribution in [-0.4, -0.2) is 12.2 Å². The number of anilines is 1. The van der Waals surface area contributed by atoms with Crippen molar-refractivity contribution in [2.45, 2.75) is 37.4 Å². The molecule has 2 aromatic rings. The van der Waals surface area contributed by atoms with Crippen molar-refractivity contribution < 1.29 is 17.9 Å². The molecule has 0 radical (unpaired) electrons. The van der Waals surface area contributed by atoms with Gasteiger partial charge in [-0.1, -0.05) is 31.0 Å². The largest absolute Gasteiger partial charge is 0.497 e. The third-order valence-electron chi connectivity index (χ3n) is 4.90. The summed E-state index contributed by atoms with van der Waals surface area (Å²) in [5.41, 5.74) is 0.373. The van der Waals surface area contributed by atoms with E-state index in [4.69, 9.17) is 17.0 Å². The lowest BCUT2D eigenvalue weighted by atomic mass is 9.88. The van der Waals surface area contributed by atoms with Gasteiger partial charge in [0.05, 0.1) is 18.2 Å². The van der Waals surface area contributed by atoms with Gasteiger partial charge in [-0.25, -0.2) is 0 Å². The van der Waals surface area contributed by atoms with Crippen molar-refractivity contribution in [3.63, 3.8) is 0 Å². The third kappa shape index (κ3) is 4.53. The number of thiocarbonyl (C=S) groups is 1. The minimum atomic E-state index is -4.39. The molecule has 0 bridgehead atoms. The number of halogens is 3.